The predicted octanol–water partition coefficient (Wildman–Crippen LogP) is 10.4. The summed E-state index contributed by atoms with van der Waals surface area (Å²) in [6.45, 7) is 19.5. The predicted molar refractivity (Wildman–Crippen MR) is 313 cm³/mol. The van der Waals surface area contributed by atoms with Gasteiger partial charge in [-0.1, -0.05) is 57.8 Å². The van der Waals surface area contributed by atoms with E-state index >= 15 is 0 Å². The van der Waals surface area contributed by atoms with Crippen LogP contribution in [0.25, 0.3) is 11.0 Å². The van der Waals surface area contributed by atoms with E-state index in [4.69, 9.17) is 23.9 Å². The monoisotopic (exact) mass is 1130 g/mol. The molecular formula is C60H80N8O10SSi. The normalized spacial score (nSPS) is 24.5. The van der Waals surface area contributed by atoms with Crippen molar-refractivity contribution in [2.24, 2.45) is 11.3 Å². The Hall–Kier alpha value is -5.61. The van der Waals surface area contributed by atoms with Crippen LogP contribution in [0.2, 0.25) is 25.7 Å². The van der Waals surface area contributed by atoms with Gasteiger partial charge in [-0.05, 0) is 142 Å². The molecule has 1 amide bonds. The SMILES string of the molecule is CC(C)c1ccccc1[C@@H]1COCCN1C1CC2(CCN(c3ccc(C(=O)NS(=O)(=O)c4ccc(NC[C@H]5CC[C@](C)(O)CC5)c([N+](=O)[O-])c4)c(N4c5cc6ccn(COCC[Si](C)(C)C)c6nc5O[C@H]5COCC[C@@H]54)c3)CC2)C1. The zero-order valence-electron chi connectivity index (χ0n) is 47.3. The topological polar surface area (TPSA) is 203 Å². The van der Waals surface area contributed by atoms with Gasteiger partial charge in [0, 0.05) is 76.8 Å². The van der Waals surface area contributed by atoms with Crippen molar-refractivity contribution >= 4 is 63.5 Å². The number of nitrogens with one attached hydrogen (secondary N) is 2. The molecule has 11 rings (SSSR count). The lowest BCUT2D eigenvalue weighted by Gasteiger charge is -2.57. The lowest BCUT2D eigenvalue weighted by Crippen LogP contribution is -2.58. The van der Waals surface area contributed by atoms with Gasteiger partial charge in [0.25, 0.3) is 21.6 Å². The van der Waals surface area contributed by atoms with E-state index in [1.165, 1.54) is 23.3 Å². The molecule has 5 aromatic rings. The summed E-state index contributed by atoms with van der Waals surface area (Å²) in [6, 6.07) is 23.6. The van der Waals surface area contributed by atoms with Gasteiger partial charge in [0.1, 0.15) is 29.9 Å². The van der Waals surface area contributed by atoms with Crippen LogP contribution in [-0.2, 0) is 31.0 Å². The number of nitro benzene ring substituents is 1. The molecule has 0 unspecified atom stereocenters. The van der Waals surface area contributed by atoms with Crippen LogP contribution in [0.15, 0.2) is 83.9 Å². The molecule has 3 aromatic carbocycles. The first-order valence-corrected chi connectivity index (χ1v) is 34.2. The lowest BCUT2D eigenvalue weighted by molar-refractivity contribution is -0.384. The van der Waals surface area contributed by atoms with E-state index in [0.29, 0.717) is 87.2 Å². The third-order valence-electron chi connectivity index (χ3n) is 18.1. The minimum absolute atomic E-state index is 0.109. The summed E-state index contributed by atoms with van der Waals surface area (Å²) in [7, 11) is -5.96. The van der Waals surface area contributed by atoms with E-state index in [1.807, 2.05) is 42.0 Å². The van der Waals surface area contributed by atoms with Gasteiger partial charge in [-0.3, -0.25) is 19.8 Å². The molecule has 0 radical (unpaired) electrons. The Balaban J connectivity index is 0.883. The first kappa shape index (κ1) is 56.3. The van der Waals surface area contributed by atoms with Gasteiger partial charge in [-0.15, -0.1) is 0 Å². The van der Waals surface area contributed by atoms with Crippen LogP contribution in [-0.4, -0.2) is 130 Å². The highest BCUT2D eigenvalue weighted by molar-refractivity contribution is 7.90. The van der Waals surface area contributed by atoms with Crippen LogP contribution in [0.5, 0.6) is 5.88 Å². The molecule has 5 fully saturated rings. The maximum absolute atomic E-state index is 14.9. The molecule has 20 heteroatoms. The van der Waals surface area contributed by atoms with Gasteiger partial charge in [0.15, 0.2) is 0 Å². The van der Waals surface area contributed by atoms with E-state index in [-0.39, 0.29) is 41.3 Å². The quantitative estimate of drug-likeness (QED) is 0.0343. The molecule has 18 nitrogen and oxygen atoms in total. The Morgan fingerprint density at radius 2 is 1.70 bits per heavy atom. The number of nitrogens with zero attached hydrogens (tertiary/aromatic N) is 6. The van der Waals surface area contributed by atoms with Crippen LogP contribution in [0, 0.1) is 21.4 Å². The molecule has 6 heterocycles. The number of nitro groups is 1. The molecule has 4 aliphatic heterocycles. The highest BCUT2D eigenvalue weighted by Gasteiger charge is 2.50. The highest BCUT2D eigenvalue weighted by atomic mass is 32.2. The summed E-state index contributed by atoms with van der Waals surface area (Å²) in [5.74, 6) is 0.0927. The van der Waals surface area contributed by atoms with Crippen LogP contribution in [0.4, 0.5) is 28.4 Å². The fourth-order valence-electron chi connectivity index (χ4n) is 13.3. The average Bonchev–Trinajstić information content (AvgIpc) is 3.92. The second-order valence-electron chi connectivity index (χ2n) is 25.4. The van der Waals surface area contributed by atoms with Gasteiger partial charge in [0.05, 0.1) is 58.6 Å². The molecule has 3 atom stereocenters. The fraction of sp³-hybridized carbons (Fsp3) is 0.567. The van der Waals surface area contributed by atoms with Crippen molar-refractivity contribution in [2.75, 3.05) is 74.3 Å². The maximum Gasteiger partial charge on any atom is 0.293 e. The second kappa shape index (κ2) is 22.6. The van der Waals surface area contributed by atoms with Crippen molar-refractivity contribution in [1.29, 1.82) is 0 Å². The van der Waals surface area contributed by atoms with Gasteiger partial charge >= 0.3 is 0 Å². The largest absolute Gasteiger partial charge is 0.468 e. The van der Waals surface area contributed by atoms with Crippen molar-refractivity contribution in [3.63, 3.8) is 0 Å². The summed E-state index contributed by atoms with van der Waals surface area (Å²) in [4.78, 5) is 38.7. The number of hydrogen-bond donors (Lipinski definition) is 3. The number of piperidine rings is 1. The third-order valence-corrected chi connectivity index (χ3v) is 21.2. The Morgan fingerprint density at radius 1 is 0.938 bits per heavy atom. The number of ether oxygens (including phenoxy) is 4. The summed E-state index contributed by atoms with van der Waals surface area (Å²) in [5, 5.41) is 26.9. The number of rotatable bonds is 17. The van der Waals surface area contributed by atoms with Gasteiger partial charge in [-0.25, -0.2) is 13.1 Å². The third kappa shape index (κ3) is 11.9. The number of fused-ring (bicyclic) bond motifs is 3. The molecule has 6 aliphatic rings. The standard InChI is InChI=1S/C60H80N8O10SSi/c1-40(2)46-9-7-8-10-47(46)54-37-76-28-26-66(54)44-34-60(35-44)21-24-64(25-22-60)43-11-13-48(57(69)63-79(73,74)45-12-14-49(52(33-45)68(71)72)61-36-41-15-19-59(3,70)20-16-41)51(32-43)67-50-18-27-75-38-55(50)78-58-53(67)31-42-17-23-65(56(42)62-58)39-77-29-30-80(4,5)6/h7-14,17,23,31-33,40-41,44,50,54-55,61,70H,15-16,18-22,24-30,34-39H2,1-6H3,(H,63,69)/t41-,50-,54-,55-,59-/m0/s1. The first-order valence-electron chi connectivity index (χ1n) is 29.0. The molecule has 3 saturated heterocycles. The molecule has 0 bridgehead atoms. The van der Waals surface area contributed by atoms with Crippen molar-refractivity contribution < 1.29 is 42.2 Å². The summed E-state index contributed by atoms with van der Waals surface area (Å²) in [5.41, 5.74) is 4.86. The number of sulfonamides is 1. The van der Waals surface area contributed by atoms with Crippen molar-refractivity contribution in [1.82, 2.24) is 19.2 Å². The molecule has 3 N–H and O–H groups in total. The molecule has 2 aromatic heterocycles. The van der Waals surface area contributed by atoms with E-state index in [0.717, 1.165) is 88.0 Å². The zero-order chi connectivity index (χ0) is 56.1. The van der Waals surface area contributed by atoms with Crippen molar-refractivity contribution in [2.45, 2.75) is 152 Å². The Kier molecular flexibility index (Phi) is 15.9. The molecule has 80 heavy (non-hydrogen) atoms. The van der Waals surface area contributed by atoms with E-state index < -0.39 is 51.2 Å². The van der Waals surface area contributed by atoms with Crippen LogP contribution in [0.1, 0.15) is 112 Å². The van der Waals surface area contributed by atoms with Crippen molar-refractivity contribution in [3.05, 3.63) is 106 Å². The highest BCUT2D eigenvalue weighted by Crippen LogP contribution is 2.54. The Morgan fingerprint density at radius 3 is 2.45 bits per heavy atom. The minimum Gasteiger partial charge on any atom is -0.468 e. The number of morpholine rings is 1. The number of aromatic nitrogens is 2. The molecule has 2 saturated carbocycles. The number of carbonyl (C=O) groups is 1. The number of anilines is 4. The van der Waals surface area contributed by atoms with Crippen LogP contribution < -0.4 is 24.6 Å². The molecule has 1 spiro atoms. The number of amides is 1. The molecule has 2 aliphatic carbocycles. The number of pyridine rings is 1. The fourth-order valence-corrected chi connectivity index (χ4v) is 15.0. The molecule has 430 valence electrons. The summed E-state index contributed by atoms with van der Waals surface area (Å²) >= 11 is 0. The molecular weight excluding hydrogens is 1050 g/mol. The summed E-state index contributed by atoms with van der Waals surface area (Å²) < 4.78 is 58.0. The number of benzene rings is 3. The summed E-state index contributed by atoms with van der Waals surface area (Å²) in [6.07, 6.45) is 9.14. The number of carbonyl (C=O) groups excluding carboxylic acids is 1. The Labute approximate surface area is 471 Å². The van der Waals surface area contributed by atoms with Crippen LogP contribution in [0.3, 0.4) is 0 Å². The smallest absolute Gasteiger partial charge is 0.293 e. The average molecular weight is 1130 g/mol. The number of hydrogen-bond acceptors (Lipinski definition) is 15. The lowest BCUT2D eigenvalue weighted by atomic mass is 9.59. The number of aliphatic hydroxyl groups is 1. The maximum atomic E-state index is 14.9. The van der Waals surface area contributed by atoms with Crippen molar-refractivity contribution in [3.8, 4) is 5.88 Å². The van der Waals surface area contributed by atoms with Gasteiger partial charge < -0.3 is 43.7 Å². The van der Waals surface area contributed by atoms with Crippen LogP contribution >= 0.6 is 0 Å². The van der Waals surface area contributed by atoms with E-state index in [1.54, 1.807) is 6.07 Å². The van der Waals surface area contributed by atoms with E-state index in [2.05, 4.69) is 82.5 Å². The second-order valence-corrected chi connectivity index (χ2v) is 32.7. The van der Waals surface area contributed by atoms with Gasteiger partial charge in [-0.2, -0.15) is 4.98 Å². The zero-order valence-corrected chi connectivity index (χ0v) is 49.1. The minimum atomic E-state index is -4.65. The van der Waals surface area contributed by atoms with Gasteiger partial charge in [0.2, 0.25) is 5.88 Å². The first-order chi connectivity index (χ1) is 38.2. The van der Waals surface area contributed by atoms with E-state index in [9.17, 15) is 28.4 Å². The Bertz CT molecular complexity index is 3190.